The van der Waals surface area contributed by atoms with Crippen LogP contribution in [0, 0.1) is 48.5 Å². The molecular formula is C120H118. The van der Waals surface area contributed by atoms with Crippen molar-refractivity contribution in [2.45, 2.75) is 137 Å². The molecule has 120 heavy (non-hydrogen) atoms. The highest BCUT2D eigenvalue weighted by atomic mass is 14.2. The Balaban J connectivity index is 0.000000129. The van der Waals surface area contributed by atoms with Gasteiger partial charge in [-0.2, -0.15) is 0 Å². The van der Waals surface area contributed by atoms with Gasteiger partial charge in [-0.15, -0.1) is 0 Å². The maximum atomic E-state index is 2.33. The van der Waals surface area contributed by atoms with E-state index in [1.165, 1.54) is 231 Å². The third kappa shape index (κ3) is 19.4. The summed E-state index contributed by atoms with van der Waals surface area (Å²) >= 11 is 0. The Bertz CT molecular complexity index is 7100. The van der Waals surface area contributed by atoms with Crippen LogP contribution in [0.2, 0.25) is 0 Å². The summed E-state index contributed by atoms with van der Waals surface area (Å²) in [6.45, 7) is 36.1. The average Bonchev–Trinajstić information content (AvgIpc) is 0.753. The molecule has 0 heteroatoms. The van der Waals surface area contributed by atoms with E-state index in [-0.39, 0.29) is 0 Å². The van der Waals surface area contributed by atoms with Gasteiger partial charge in [0.1, 0.15) is 0 Å². The molecule has 0 amide bonds. The van der Waals surface area contributed by atoms with E-state index in [2.05, 4.69) is 460 Å². The monoisotopic (exact) mass is 1560 g/mol. The first-order valence-electron chi connectivity index (χ1n) is 43.7. The lowest BCUT2D eigenvalue weighted by Crippen LogP contribution is -1.86. The molecule has 0 radical (unpaired) electrons. The quantitative estimate of drug-likeness (QED) is 0.105. The third-order valence-electron chi connectivity index (χ3n) is 22.2. The standard InChI is InChI=1S/C20H16.3C19H14.2C15H12.3C3H8.2C2H6/c1-13-11-19-18-10-6-4-8-16(18)14(2)12-20(19)17-9-5-3-7-15(13)17;1-13-16-8-4-3-7-15(16)12-19-17(13)11-10-14-6-2-5-9-18(14)19;1-13-5-4-7-15-12-19-16(11-18(13)15)10-9-14-6-2-3-8-17(14)19;1-13-5-4-8-18-17(13)10-9-16-11-14-6-2-3-7-15(14)12-19(16)18;1-11-14-8-4-2-6-12(14)10-13-7-3-5-9-15(11)13;1-11-6-7-14-9-12-4-2-3-5-13(12)10-15(14)8-11;3*1-3-2;2*1-2/h3-12H,1-2H3;3*2-12H,1H3;2*2-10H,1H3;3*3H2,1-2H3;2*1-2H3. The zero-order valence-corrected chi connectivity index (χ0v) is 73.8. The maximum Gasteiger partial charge on any atom is -0.00961 e. The fraction of sp³-hybridized carbons (Fsp3) is 0.167. The van der Waals surface area contributed by atoms with Gasteiger partial charge < -0.3 is 0 Å². The molecule has 0 aliphatic heterocycles. The van der Waals surface area contributed by atoms with E-state index in [4.69, 9.17) is 0 Å². The van der Waals surface area contributed by atoms with Gasteiger partial charge in [-0.25, -0.2) is 0 Å². The molecule has 0 fully saturated rings. The van der Waals surface area contributed by atoms with E-state index in [1.54, 1.807) is 0 Å². The van der Waals surface area contributed by atoms with Gasteiger partial charge in [-0.1, -0.05) is 416 Å². The van der Waals surface area contributed by atoms with Crippen LogP contribution in [-0.2, 0) is 0 Å². The smallest absolute Gasteiger partial charge is 0.00961 e. The molecule has 0 N–H and O–H groups in total. The Kier molecular flexibility index (Phi) is 29.8. The van der Waals surface area contributed by atoms with E-state index in [9.17, 15) is 0 Å². The summed E-state index contributed by atoms with van der Waals surface area (Å²) in [5.74, 6) is 0. The number of rotatable bonds is 0. The Morgan fingerprint density at radius 3 is 0.875 bits per heavy atom. The summed E-state index contributed by atoms with van der Waals surface area (Å²) < 4.78 is 0. The van der Waals surface area contributed by atoms with Gasteiger partial charge in [0.05, 0.1) is 0 Å². The molecule has 0 bridgehead atoms. The van der Waals surface area contributed by atoms with Crippen molar-refractivity contribution < 1.29 is 0 Å². The first-order chi connectivity index (χ1) is 58.7. The van der Waals surface area contributed by atoms with Crippen LogP contribution in [0.4, 0.5) is 0 Å². The van der Waals surface area contributed by atoms with Crippen molar-refractivity contribution in [2.75, 3.05) is 0 Å². The second-order valence-electron chi connectivity index (χ2n) is 31.1. The zero-order chi connectivity index (χ0) is 84.8. The summed E-state index contributed by atoms with van der Waals surface area (Å²) in [5.41, 5.74) is 9.45. The predicted octanol–water partition coefficient (Wildman–Crippen LogP) is 37.0. The van der Waals surface area contributed by atoms with Crippen LogP contribution in [0.3, 0.4) is 0 Å². The Morgan fingerprint density at radius 2 is 0.367 bits per heavy atom. The number of fused-ring (bicyclic) bond motifs is 21. The van der Waals surface area contributed by atoms with Crippen LogP contribution >= 0.6 is 0 Å². The van der Waals surface area contributed by atoms with Crippen LogP contribution in [-0.4, -0.2) is 0 Å². The second kappa shape index (κ2) is 41.4. The Hall–Kier alpha value is -13.0. The first-order valence-corrected chi connectivity index (χ1v) is 43.7. The summed E-state index contributed by atoms with van der Waals surface area (Å²) in [7, 11) is 0. The largest absolute Gasteiger partial charge is 0.0683 e. The van der Waals surface area contributed by atoms with Gasteiger partial charge in [0.25, 0.3) is 0 Å². The van der Waals surface area contributed by atoms with Crippen LogP contribution in [0.15, 0.2) is 370 Å². The number of benzene rings is 22. The molecular weight excluding hydrogens is 1440 g/mol. The van der Waals surface area contributed by atoms with E-state index in [1.807, 2.05) is 27.7 Å². The SMILES string of the molecule is CC.CC.CCC.CCC.CCC.Cc1c2ccccc2cc2c1ccc1ccccc12.Cc1c2ccccc2cc2ccccc12.Cc1cc2c3ccccc3c(C)cc2c2ccccc12.Cc1ccc2cc3ccccc3cc2c1.Cc1cccc2c1ccc1cc3ccccc3cc12.Cc1cccc2cc3c(ccc4ccccc43)cc12. The van der Waals surface area contributed by atoms with Crippen LogP contribution < -0.4 is 0 Å². The minimum atomic E-state index is 1.25. The second-order valence-corrected chi connectivity index (χ2v) is 31.1. The maximum absolute atomic E-state index is 2.33. The molecule has 0 heterocycles. The summed E-state index contributed by atoms with van der Waals surface area (Å²) in [4.78, 5) is 0. The van der Waals surface area contributed by atoms with E-state index in [0.717, 1.165) is 0 Å². The molecule has 0 nitrogen and oxygen atoms in total. The Morgan fingerprint density at radius 1 is 0.133 bits per heavy atom. The highest BCUT2D eigenvalue weighted by Gasteiger charge is 2.12. The Labute approximate surface area is 713 Å². The predicted molar refractivity (Wildman–Crippen MR) is 542 cm³/mol. The minimum Gasteiger partial charge on any atom is -0.0683 e. The van der Waals surface area contributed by atoms with Gasteiger partial charge in [0, 0.05) is 0 Å². The molecule has 22 aromatic rings. The highest BCUT2D eigenvalue weighted by molar-refractivity contribution is 6.20. The molecule has 0 saturated carbocycles. The molecule has 0 spiro atoms. The lowest BCUT2D eigenvalue weighted by Gasteiger charge is -2.12. The van der Waals surface area contributed by atoms with Crippen molar-refractivity contribution in [3.8, 4) is 0 Å². The van der Waals surface area contributed by atoms with Crippen LogP contribution in [0.25, 0.3) is 172 Å². The van der Waals surface area contributed by atoms with Gasteiger partial charge in [0.15, 0.2) is 0 Å². The third-order valence-corrected chi connectivity index (χ3v) is 22.2. The van der Waals surface area contributed by atoms with Crippen molar-refractivity contribution >= 4 is 172 Å². The molecule has 598 valence electrons. The fourth-order valence-electron chi connectivity index (χ4n) is 16.5. The van der Waals surface area contributed by atoms with Crippen LogP contribution in [0.1, 0.15) is 127 Å². The van der Waals surface area contributed by atoms with Crippen molar-refractivity contribution in [2.24, 2.45) is 0 Å². The molecule has 0 saturated heterocycles. The summed E-state index contributed by atoms with van der Waals surface area (Å²) in [6.07, 6.45) is 3.75. The molecule has 0 aliphatic rings. The number of aryl methyl sites for hydroxylation is 7. The molecule has 22 aromatic carbocycles. The zero-order valence-electron chi connectivity index (χ0n) is 73.8. The van der Waals surface area contributed by atoms with Gasteiger partial charge in [-0.3, -0.25) is 0 Å². The van der Waals surface area contributed by atoms with Crippen molar-refractivity contribution in [3.05, 3.63) is 409 Å². The minimum absolute atomic E-state index is 1.25. The molecule has 0 aliphatic carbocycles. The molecule has 22 rings (SSSR count). The van der Waals surface area contributed by atoms with Gasteiger partial charge >= 0.3 is 0 Å². The number of hydrogen-bond acceptors (Lipinski definition) is 0. The topological polar surface area (TPSA) is 0 Å². The molecule has 0 unspecified atom stereocenters. The van der Waals surface area contributed by atoms with Gasteiger partial charge in [0.2, 0.25) is 0 Å². The average molecular weight is 1560 g/mol. The summed E-state index contributed by atoms with van der Waals surface area (Å²) in [6, 6.07) is 133. The van der Waals surface area contributed by atoms with Crippen LogP contribution in [0.5, 0.6) is 0 Å². The molecule has 0 atom stereocenters. The lowest BCUT2D eigenvalue weighted by molar-refractivity contribution is 1.09. The van der Waals surface area contributed by atoms with Gasteiger partial charge in [-0.05, 0) is 303 Å². The summed E-state index contributed by atoms with van der Waals surface area (Å²) in [5, 5.41) is 42.8. The van der Waals surface area contributed by atoms with E-state index in [0.29, 0.717) is 0 Å². The lowest BCUT2D eigenvalue weighted by atomic mass is 9.92. The number of hydrogen-bond donors (Lipinski definition) is 0. The highest BCUT2D eigenvalue weighted by Crippen LogP contribution is 2.38. The van der Waals surface area contributed by atoms with E-state index >= 15 is 0 Å². The van der Waals surface area contributed by atoms with E-state index < -0.39 is 0 Å². The molecule has 0 aromatic heterocycles. The normalized spacial score (nSPS) is 10.6. The van der Waals surface area contributed by atoms with Crippen molar-refractivity contribution in [3.63, 3.8) is 0 Å². The van der Waals surface area contributed by atoms with Crippen molar-refractivity contribution in [1.82, 2.24) is 0 Å². The van der Waals surface area contributed by atoms with Crippen molar-refractivity contribution in [1.29, 1.82) is 0 Å². The fourth-order valence-corrected chi connectivity index (χ4v) is 16.5. The first kappa shape index (κ1) is 86.3.